The van der Waals surface area contributed by atoms with Gasteiger partial charge in [0.05, 0.1) is 11.9 Å². The number of rotatable bonds is 12. The van der Waals surface area contributed by atoms with Crippen molar-refractivity contribution in [2.24, 2.45) is 0 Å². The van der Waals surface area contributed by atoms with Gasteiger partial charge >= 0.3 is 0 Å². The van der Waals surface area contributed by atoms with Crippen LogP contribution in [-0.2, 0) is 32.6 Å². The van der Waals surface area contributed by atoms with Crippen molar-refractivity contribution in [1.29, 1.82) is 0 Å². The molecule has 0 aliphatic rings. The van der Waals surface area contributed by atoms with Crippen LogP contribution in [0.5, 0.6) is 0 Å². The van der Waals surface area contributed by atoms with Gasteiger partial charge in [-0.3, -0.25) is 13.9 Å². The second-order valence-electron chi connectivity index (χ2n) is 9.35. The number of anilines is 1. The predicted octanol–water partition coefficient (Wildman–Crippen LogP) is 5.23. The molecule has 3 aromatic carbocycles. The van der Waals surface area contributed by atoms with E-state index in [9.17, 15) is 18.0 Å². The van der Waals surface area contributed by atoms with E-state index in [1.54, 1.807) is 37.3 Å². The Bertz CT molecular complexity index is 1400. The molecule has 0 saturated carbocycles. The van der Waals surface area contributed by atoms with E-state index in [1.165, 1.54) is 11.0 Å². The van der Waals surface area contributed by atoms with Crippen LogP contribution in [0.3, 0.4) is 0 Å². The molecule has 10 heteroatoms. The Hall–Kier alpha value is -3.07. The van der Waals surface area contributed by atoms with Crippen LogP contribution in [0.25, 0.3) is 0 Å². The van der Waals surface area contributed by atoms with Gasteiger partial charge in [0, 0.05) is 29.6 Å². The predicted molar refractivity (Wildman–Crippen MR) is 158 cm³/mol. The number of hydrogen-bond acceptors (Lipinski definition) is 4. The standard InChI is InChI=1S/C29H33Cl2N3O4S/c1-4-15-32-29(36)27(17-22-9-6-5-7-10-22)33(19-23-11-8-12-24(30)16-23)28(35)20-34(39(3,37)38)25-14-13-21(2)26(31)18-25/h5-14,16,18,27H,4,15,17,19-20H2,1-3H3,(H,32,36)/t27-/m1/s1. The second kappa shape index (κ2) is 13.8. The van der Waals surface area contributed by atoms with Crippen molar-refractivity contribution in [3.63, 3.8) is 0 Å². The van der Waals surface area contributed by atoms with E-state index in [0.717, 1.165) is 28.1 Å². The largest absolute Gasteiger partial charge is 0.354 e. The lowest BCUT2D eigenvalue weighted by molar-refractivity contribution is -0.140. The second-order valence-corrected chi connectivity index (χ2v) is 12.1. The summed E-state index contributed by atoms with van der Waals surface area (Å²) < 4.78 is 26.7. The summed E-state index contributed by atoms with van der Waals surface area (Å²) in [5.41, 5.74) is 2.61. The number of hydrogen-bond donors (Lipinski definition) is 1. The third-order valence-electron chi connectivity index (χ3n) is 6.18. The lowest BCUT2D eigenvalue weighted by Gasteiger charge is -2.33. The first kappa shape index (κ1) is 30.5. The number of halogens is 2. The molecule has 208 valence electrons. The molecule has 0 fully saturated rings. The van der Waals surface area contributed by atoms with Crippen LogP contribution >= 0.6 is 23.2 Å². The molecule has 0 heterocycles. The average Bonchev–Trinajstić information content (AvgIpc) is 2.89. The normalized spacial score (nSPS) is 12.0. The Balaban J connectivity index is 2.05. The Labute approximate surface area is 240 Å². The topological polar surface area (TPSA) is 86.8 Å². The molecule has 2 amide bonds. The van der Waals surface area contributed by atoms with Crippen molar-refractivity contribution in [2.75, 3.05) is 23.7 Å². The summed E-state index contributed by atoms with van der Waals surface area (Å²) in [5.74, 6) is -0.856. The lowest BCUT2D eigenvalue weighted by Crippen LogP contribution is -2.53. The van der Waals surface area contributed by atoms with Crippen LogP contribution in [0.15, 0.2) is 72.8 Å². The van der Waals surface area contributed by atoms with Crippen LogP contribution < -0.4 is 9.62 Å². The van der Waals surface area contributed by atoms with Gasteiger partial charge in [-0.05, 0) is 54.3 Å². The van der Waals surface area contributed by atoms with Gasteiger partial charge in [0.25, 0.3) is 0 Å². The van der Waals surface area contributed by atoms with Gasteiger partial charge in [0.15, 0.2) is 0 Å². The van der Waals surface area contributed by atoms with Crippen molar-refractivity contribution in [3.05, 3.63) is 99.5 Å². The van der Waals surface area contributed by atoms with Crippen molar-refractivity contribution in [3.8, 4) is 0 Å². The van der Waals surface area contributed by atoms with E-state index in [2.05, 4.69) is 5.32 Å². The smallest absolute Gasteiger partial charge is 0.244 e. The molecule has 0 aromatic heterocycles. The van der Waals surface area contributed by atoms with E-state index in [1.807, 2.05) is 43.3 Å². The molecular weight excluding hydrogens is 557 g/mol. The number of carbonyl (C=O) groups is 2. The molecule has 0 aliphatic heterocycles. The molecule has 0 radical (unpaired) electrons. The van der Waals surface area contributed by atoms with Gasteiger partial charge in [-0.15, -0.1) is 0 Å². The minimum atomic E-state index is -3.87. The molecule has 7 nitrogen and oxygen atoms in total. The highest BCUT2D eigenvalue weighted by molar-refractivity contribution is 7.92. The first-order valence-electron chi connectivity index (χ1n) is 12.6. The van der Waals surface area contributed by atoms with Gasteiger partial charge in [-0.25, -0.2) is 8.42 Å². The molecule has 1 atom stereocenters. The number of sulfonamides is 1. The van der Waals surface area contributed by atoms with Crippen molar-refractivity contribution in [2.45, 2.75) is 39.3 Å². The SMILES string of the molecule is CCCNC(=O)[C@@H](Cc1ccccc1)N(Cc1cccc(Cl)c1)C(=O)CN(c1ccc(C)c(Cl)c1)S(C)(=O)=O. The molecule has 39 heavy (non-hydrogen) atoms. The lowest BCUT2D eigenvalue weighted by atomic mass is 10.0. The summed E-state index contributed by atoms with van der Waals surface area (Å²) in [6, 6.07) is 20.3. The van der Waals surface area contributed by atoms with E-state index in [0.29, 0.717) is 22.2 Å². The zero-order valence-corrected chi connectivity index (χ0v) is 24.6. The number of aryl methyl sites for hydroxylation is 1. The zero-order valence-electron chi connectivity index (χ0n) is 22.2. The minimum absolute atomic E-state index is 0.0582. The van der Waals surface area contributed by atoms with Crippen LogP contribution in [0, 0.1) is 6.92 Å². The van der Waals surface area contributed by atoms with Gasteiger partial charge in [0.1, 0.15) is 12.6 Å². The fourth-order valence-electron chi connectivity index (χ4n) is 4.10. The summed E-state index contributed by atoms with van der Waals surface area (Å²) in [7, 11) is -3.87. The maximum Gasteiger partial charge on any atom is 0.244 e. The molecule has 3 rings (SSSR count). The van der Waals surface area contributed by atoms with Crippen molar-refractivity contribution in [1.82, 2.24) is 10.2 Å². The molecule has 0 saturated heterocycles. The van der Waals surface area contributed by atoms with E-state index in [-0.39, 0.29) is 24.6 Å². The highest BCUT2D eigenvalue weighted by atomic mass is 35.5. The molecular formula is C29H33Cl2N3O4S. The molecule has 1 N–H and O–H groups in total. The third-order valence-corrected chi connectivity index (χ3v) is 7.97. The first-order chi connectivity index (χ1) is 18.5. The number of nitrogens with zero attached hydrogens (tertiary/aromatic N) is 2. The Morgan fingerprint density at radius 3 is 2.26 bits per heavy atom. The summed E-state index contributed by atoms with van der Waals surface area (Å²) >= 11 is 12.5. The monoisotopic (exact) mass is 589 g/mol. The Morgan fingerprint density at radius 1 is 0.949 bits per heavy atom. The Kier molecular flexibility index (Phi) is 10.8. The molecule has 0 aliphatic carbocycles. The van der Waals surface area contributed by atoms with Crippen LogP contribution in [0.4, 0.5) is 5.69 Å². The Morgan fingerprint density at radius 2 is 1.64 bits per heavy atom. The van der Waals surface area contributed by atoms with E-state index < -0.39 is 28.5 Å². The van der Waals surface area contributed by atoms with Gasteiger partial charge in [0.2, 0.25) is 21.8 Å². The molecule has 0 bridgehead atoms. The number of carbonyl (C=O) groups excluding carboxylic acids is 2. The van der Waals surface area contributed by atoms with Crippen LogP contribution in [-0.4, -0.2) is 50.5 Å². The fourth-order valence-corrected chi connectivity index (χ4v) is 5.33. The third kappa shape index (κ3) is 8.71. The maximum atomic E-state index is 14.0. The highest BCUT2D eigenvalue weighted by Crippen LogP contribution is 2.26. The zero-order chi connectivity index (χ0) is 28.6. The quantitative estimate of drug-likeness (QED) is 0.313. The van der Waals surface area contributed by atoms with Gasteiger partial charge in [-0.2, -0.15) is 0 Å². The molecule has 0 unspecified atom stereocenters. The maximum absolute atomic E-state index is 14.0. The van der Waals surface area contributed by atoms with Gasteiger partial charge < -0.3 is 10.2 Å². The average molecular weight is 591 g/mol. The molecule has 3 aromatic rings. The van der Waals surface area contributed by atoms with Crippen molar-refractivity contribution < 1.29 is 18.0 Å². The summed E-state index contributed by atoms with van der Waals surface area (Å²) in [6.07, 6.45) is 2.00. The van der Waals surface area contributed by atoms with Crippen molar-refractivity contribution >= 4 is 50.7 Å². The number of benzene rings is 3. The summed E-state index contributed by atoms with van der Waals surface area (Å²) in [6.45, 7) is 3.74. The highest BCUT2D eigenvalue weighted by Gasteiger charge is 2.33. The number of amides is 2. The number of nitrogens with one attached hydrogen (secondary N) is 1. The van der Waals surface area contributed by atoms with Gasteiger partial charge in [-0.1, -0.05) is 78.7 Å². The van der Waals surface area contributed by atoms with Crippen LogP contribution in [0.1, 0.15) is 30.0 Å². The van der Waals surface area contributed by atoms with E-state index in [4.69, 9.17) is 23.2 Å². The summed E-state index contributed by atoms with van der Waals surface area (Å²) in [4.78, 5) is 28.9. The molecule has 0 spiro atoms. The fraction of sp³-hybridized carbons (Fsp3) is 0.310. The summed E-state index contributed by atoms with van der Waals surface area (Å²) in [5, 5.41) is 3.77. The first-order valence-corrected chi connectivity index (χ1v) is 15.2. The minimum Gasteiger partial charge on any atom is -0.354 e. The van der Waals surface area contributed by atoms with Crippen LogP contribution in [0.2, 0.25) is 10.0 Å². The van der Waals surface area contributed by atoms with E-state index >= 15 is 0 Å².